The Labute approximate surface area is 150 Å². The van der Waals surface area contributed by atoms with E-state index in [0.717, 1.165) is 26.2 Å². The molecule has 0 radical (unpaired) electrons. The molecule has 4 rings (SSSR count). The van der Waals surface area contributed by atoms with Crippen LogP contribution in [0, 0.1) is 5.21 Å². The van der Waals surface area contributed by atoms with Crippen molar-refractivity contribution < 1.29 is 14.3 Å². The fourth-order valence-corrected chi connectivity index (χ4v) is 3.35. The molecule has 0 aliphatic carbocycles. The Morgan fingerprint density at radius 2 is 1.92 bits per heavy atom. The second-order valence-electron chi connectivity index (χ2n) is 6.30. The highest BCUT2D eigenvalue weighted by Crippen LogP contribution is 2.35. The number of hydrogen-bond donors (Lipinski definition) is 2. The summed E-state index contributed by atoms with van der Waals surface area (Å²) in [6.45, 7) is 3.34. The number of hydrogen-bond acceptors (Lipinski definition) is 5. The predicted molar refractivity (Wildman–Crippen MR) is 96.3 cm³/mol. The maximum Gasteiger partial charge on any atom is 0.329 e. The summed E-state index contributed by atoms with van der Waals surface area (Å²) in [6.07, 6.45) is 1.32. The van der Waals surface area contributed by atoms with Gasteiger partial charge < -0.3 is 15.8 Å². The van der Waals surface area contributed by atoms with Crippen molar-refractivity contribution in [3.63, 3.8) is 0 Å². The lowest BCUT2D eigenvalue weighted by Crippen LogP contribution is -2.49. The molecule has 2 aliphatic heterocycles. The van der Waals surface area contributed by atoms with Crippen LogP contribution in [0.4, 0.5) is 17.2 Å². The van der Waals surface area contributed by atoms with Gasteiger partial charge in [0, 0.05) is 26.2 Å². The number of pyridine rings is 1. The van der Waals surface area contributed by atoms with Crippen LogP contribution in [-0.4, -0.2) is 49.4 Å². The van der Waals surface area contributed by atoms with Crippen molar-refractivity contribution in [1.82, 2.24) is 10.2 Å². The second kappa shape index (κ2) is 6.74. The molecule has 26 heavy (non-hydrogen) atoms. The van der Waals surface area contributed by atoms with E-state index in [9.17, 15) is 14.8 Å². The third-order valence-corrected chi connectivity index (χ3v) is 4.60. The van der Waals surface area contributed by atoms with Gasteiger partial charge in [-0.15, -0.1) is 0 Å². The molecule has 0 saturated carbocycles. The van der Waals surface area contributed by atoms with Gasteiger partial charge in [-0.3, -0.25) is 9.69 Å². The van der Waals surface area contributed by atoms with E-state index in [-0.39, 0.29) is 24.2 Å². The van der Waals surface area contributed by atoms with Crippen molar-refractivity contribution in [2.24, 2.45) is 0 Å². The first-order valence-corrected chi connectivity index (χ1v) is 8.54. The number of piperazine rings is 1. The highest BCUT2D eigenvalue weighted by Gasteiger charge is 2.38. The first-order valence-electron chi connectivity index (χ1n) is 8.54. The number of para-hydroxylation sites is 1. The minimum absolute atomic E-state index is 0.117. The Morgan fingerprint density at radius 3 is 2.73 bits per heavy atom. The van der Waals surface area contributed by atoms with Gasteiger partial charge in [0.2, 0.25) is 0 Å². The zero-order valence-electron chi connectivity index (χ0n) is 14.1. The van der Waals surface area contributed by atoms with Gasteiger partial charge in [-0.25, -0.2) is 9.52 Å². The average molecular weight is 353 g/mol. The number of amides is 2. The summed E-state index contributed by atoms with van der Waals surface area (Å²) in [5.74, 6) is -0.468. The van der Waals surface area contributed by atoms with E-state index in [2.05, 4.69) is 10.6 Å². The number of aromatic nitrogens is 1. The quantitative estimate of drug-likeness (QED) is 0.604. The maximum absolute atomic E-state index is 13.2. The Hall–Kier alpha value is -2.97. The standard InChI is InChI=1S/C18H19N5O3/c24-16(12-21-10-7-19-8-11-21)23-15-6-2-1-4-13(15)17(25)20-14-5-3-9-22(26)18(14)23/h1-6,9,19H,7-8,10-12H2,(H,20,25). The van der Waals surface area contributed by atoms with Crippen molar-refractivity contribution >= 4 is 29.0 Å². The average Bonchev–Trinajstić information content (AvgIpc) is 2.78. The van der Waals surface area contributed by atoms with Gasteiger partial charge >= 0.3 is 11.7 Å². The fraction of sp³-hybridized carbons (Fsp3) is 0.278. The Bertz CT molecular complexity index is 864. The van der Waals surface area contributed by atoms with E-state index in [1.54, 1.807) is 36.4 Å². The van der Waals surface area contributed by atoms with Crippen LogP contribution >= 0.6 is 0 Å². The molecular weight excluding hydrogens is 334 g/mol. The third kappa shape index (κ3) is 2.89. The molecule has 2 aromatic rings. The van der Waals surface area contributed by atoms with Crippen LogP contribution in [0.3, 0.4) is 0 Å². The summed E-state index contributed by atoms with van der Waals surface area (Å²) in [5, 5.41) is 18.5. The van der Waals surface area contributed by atoms with E-state index in [1.807, 2.05) is 4.90 Å². The Morgan fingerprint density at radius 1 is 1.15 bits per heavy atom. The van der Waals surface area contributed by atoms with Crippen LogP contribution in [0.1, 0.15) is 10.4 Å². The largest absolute Gasteiger partial charge is 0.711 e. The predicted octanol–water partition coefficient (Wildman–Crippen LogP) is 0.456. The molecule has 8 nitrogen and oxygen atoms in total. The Kier molecular flexibility index (Phi) is 4.27. The smallest absolute Gasteiger partial charge is 0.329 e. The molecule has 1 saturated heterocycles. The van der Waals surface area contributed by atoms with Crippen LogP contribution in [-0.2, 0) is 4.79 Å². The summed E-state index contributed by atoms with van der Waals surface area (Å²) in [6, 6.07) is 9.99. The number of carbonyl (C=O) groups is 2. The number of fused-ring (bicyclic) bond motifs is 2. The molecule has 0 bridgehead atoms. The molecule has 134 valence electrons. The molecule has 3 heterocycles. The number of benzene rings is 1. The van der Waals surface area contributed by atoms with Crippen molar-refractivity contribution in [2.45, 2.75) is 0 Å². The van der Waals surface area contributed by atoms with E-state index < -0.39 is 0 Å². The van der Waals surface area contributed by atoms with Gasteiger partial charge in [0.1, 0.15) is 17.9 Å². The fourth-order valence-electron chi connectivity index (χ4n) is 3.35. The topological polar surface area (TPSA) is 91.6 Å². The third-order valence-electron chi connectivity index (χ3n) is 4.60. The number of nitrogens with one attached hydrogen (secondary N) is 2. The lowest BCUT2D eigenvalue weighted by atomic mass is 10.1. The molecule has 1 fully saturated rings. The second-order valence-corrected chi connectivity index (χ2v) is 6.30. The lowest BCUT2D eigenvalue weighted by Gasteiger charge is -2.27. The van der Waals surface area contributed by atoms with Gasteiger partial charge in [-0.1, -0.05) is 12.1 Å². The first-order chi connectivity index (χ1) is 12.6. The zero-order valence-corrected chi connectivity index (χ0v) is 14.1. The van der Waals surface area contributed by atoms with Gasteiger partial charge in [-0.2, -0.15) is 4.90 Å². The molecule has 1 aromatic heterocycles. The molecule has 1 aromatic carbocycles. The molecular formula is C18H19N5O3. The Balaban J connectivity index is 1.80. The van der Waals surface area contributed by atoms with Crippen molar-refractivity contribution in [3.05, 3.63) is 53.4 Å². The minimum atomic E-state index is -0.342. The molecule has 2 aliphatic rings. The molecule has 0 unspecified atom stereocenters. The molecule has 8 heteroatoms. The molecule has 0 spiro atoms. The van der Waals surface area contributed by atoms with Crippen molar-refractivity contribution in [2.75, 3.05) is 42.9 Å². The van der Waals surface area contributed by atoms with Crippen molar-refractivity contribution in [3.8, 4) is 0 Å². The van der Waals surface area contributed by atoms with Crippen LogP contribution < -0.4 is 20.3 Å². The summed E-state index contributed by atoms with van der Waals surface area (Å²) in [4.78, 5) is 29.1. The number of carbonyl (C=O) groups excluding carboxylic acids is 2. The lowest BCUT2D eigenvalue weighted by molar-refractivity contribution is -0.590. The van der Waals surface area contributed by atoms with Gasteiger partial charge in [-0.05, 0) is 24.3 Å². The highest BCUT2D eigenvalue weighted by atomic mass is 16.5. The van der Waals surface area contributed by atoms with E-state index in [4.69, 9.17) is 0 Å². The summed E-state index contributed by atoms with van der Waals surface area (Å²) in [7, 11) is 0. The SMILES string of the molecule is O=C1Nc2ccc[n+]([O-])c2N(C(=O)CN2CCNCC2)c2ccccc21. The van der Waals surface area contributed by atoms with E-state index in [0.29, 0.717) is 21.7 Å². The van der Waals surface area contributed by atoms with Crippen LogP contribution in [0.5, 0.6) is 0 Å². The van der Waals surface area contributed by atoms with Crippen LogP contribution in [0.25, 0.3) is 0 Å². The van der Waals surface area contributed by atoms with Crippen molar-refractivity contribution in [1.29, 1.82) is 0 Å². The number of nitrogens with zero attached hydrogens (tertiary/aromatic N) is 3. The van der Waals surface area contributed by atoms with Crippen LogP contribution in [0.2, 0.25) is 0 Å². The summed E-state index contributed by atoms with van der Waals surface area (Å²) in [5.41, 5.74) is 1.09. The van der Waals surface area contributed by atoms with E-state index >= 15 is 0 Å². The summed E-state index contributed by atoms with van der Waals surface area (Å²) < 4.78 is 0.618. The first kappa shape index (κ1) is 16.5. The van der Waals surface area contributed by atoms with Crippen LogP contribution in [0.15, 0.2) is 42.6 Å². The number of anilines is 3. The number of rotatable bonds is 2. The van der Waals surface area contributed by atoms with Gasteiger partial charge in [0.15, 0.2) is 0 Å². The van der Waals surface area contributed by atoms with Gasteiger partial charge in [0.05, 0.1) is 11.8 Å². The summed E-state index contributed by atoms with van der Waals surface area (Å²) >= 11 is 0. The zero-order chi connectivity index (χ0) is 18.1. The molecule has 2 amide bonds. The molecule has 2 N–H and O–H groups in total. The minimum Gasteiger partial charge on any atom is -0.711 e. The monoisotopic (exact) mass is 353 g/mol. The maximum atomic E-state index is 13.2. The van der Waals surface area contributed by atoms with Gasteiger partial charge in [0.25, 0.3) is 5.91 Å². The normalized spacial score (nSPS) is 17.1. The highest BCUT2D eigenvalue weighted by molar-refractivity contribution is 6.16. The molecule has 0 atom stereocenters. The van der Waals surface area contributed by atoms with E-state index in [1.165, 1.54) is 11.1 Å².